The van der Waals surface area contributed by atoms with Crippen LogP contribution in [-0.2, 0) is 12.8 Å². The number of anilines is 2. The van der Waals surface area contributed by atoms with Gasteiger partial charge in [0.2, 0.25) is 0 Å². The standard InChI is InChI=1S/2C23H23N3O/c2*1-13-4-6-17(15(3)8-13)21(27)11-16-10-19-18-7-5-14(2)9-20(18)26-23(24)22(19)25-12-16/h2*4-10,12,21,27H,11H2,1-3H3,(H2,24,26). The second kappa shape index (κ2) is 14.8. The minimum Gasteiger partial charge on any atom is -0.388 e. The fourth-order valence-corrected chi connectivity index (χ4v) is 7.41. The summed E-state index contributed by atoms with van der Waals surface area (Å²) in [6.07, 6.45) is 3.43. The number of aryl methyl sites for hydroxylation is 6. The van der Waals surface area contributed by atoms with Gasteiger partial charge in [0.1, 0.15) is 11.0 Å². The number of nitrogens with two attached hydrogens (primary N) is 2. The van der Waals surface area contributed by atoms with Crippen molar-refractivity contribution in [3.05, 3.63) is 153 Å². The molecule has 8 nitrogen and oxygen atoms in total. The molecular formula is C46H46N6O2. The number of pyridine rings is 4. The molecule has 272 valence electrons. The molecule has 8 rings (SSSR count). The van der Waals surface area contributed by atoms with Crippen LogP contribution in [0.5, 0.6) is 0 Å². The van der Waals surface area contributed by atoms with E-state index in [4.69, 9.17) is 11.5 Å². The molecule has 0 fully saturated rings. The van der Waals surface area contributed by atoms with Crippen LogP contribution in [0, 0.1) is 41.5 Å². The molecule has 8 heteroatoms. The van der Waals surface area contributed by atoms with Crippen molar-refractivity contribution in [2.24, 2.45) is 0 Å². The van der Waals surface area contributed by atoms with Crippen LogP contribution in [0.4, 0.5) is 11.6 Å². The highest BCUT2D eigenvalue weighted by Crippen LogP contribution is 2.31. The van der Waals surface area contributed by atoms with E-state index in [0.29, 0.717) is 35.5 Å². The van der Waals surface area contributed by atoms with Crippen molar-refractivity contribution >= 4 is 55.2 Å². The summed E-state index contributed by atoms with van der Waals surface area (Å²) in [5.41, 5.74) is 26.1. The number of nitrogen functional groups attached to an aromatic ring is 2. The Balaban J connectivity index is 0.000000167. The average Bonchev–Trinajstić information content (AvgIpc) is 3.11. The molecule has 4 aromatic heterocycles. The molecule has 0 aliphatic rings. The molecule has 4 heterocycles. The van der Waals surface area contributed by atoms with Crippen LogP contribution in [0.25, 0.3) is 43.6 Å². The lowest BCUT2D eigenvalue weighted by Gasteiger charge is -2.15. The number of aliphatic hydroxyl groups is 2. The van der Waals surface area contributed by atoms with Crippen LogP contribution in [0.15, 0.2) is 97.3 Å². The van der Waals surface area contributed by atoms with Gasteiger partial charge in [0.15, 0.2) is 11.6 Å². The zero-order valence-corrected chi connectivity index (χ0v) is 31.6. The topological polar surface area (TPSA) is 144 Å². The van der Waals surface area contributed by atoms with E-state index in [1.165, 1.54) is 11.1 Å². The van der Waals surface area contributed by atoms with Crippen molar-refractivity contribution < 1.29 is 10.2 Å². The van der Waals surface area contributed by atoms with E-state index in [2.05, 4.69) is 82.3 Å². The molecule has 4 aromatic carbocycles. The first-order chi connectivity index (χ1) is 25.8. The summed E-state index contributed by atoms with van der Waals surface area (Å²) in [7, 11) is 0. The van der Waals surface area contributed by atoms with Gasteiger partial charge in [-0.1, -0.05) is 71.8 Å². The second-order valence-corrected chi connectivity index (χ2v) is 14.7. The molecule has 0 bridgehead atoms. The minimum absolute atomic E-state index is 0.435. The number of aliphatic hydroxyl groups excluding tert-OH is 2. The lowest BCUT2D eigenvalue weighted by atomic mass is 9.96. The highest BCUT2D eigenvalue weighted by Gasteiger charge is 2.16. The van der Waals surface area contributed by atoms with Gasteiger partial charge in [-0.15, -0.1) is 0 Å². The molecule has 0 saturated heterocycles. The van der Waals surface area contributed by atoms with Gasteiger partial charge in [0.25, 0.3) is 0 Å². The Morgan fingerprint density at radius 1 is 0.481 bits per heavy atom. The predicted molar refractivity (Wildman–Crippen MR) is 222 cm³/mol. The second-order valence-electron chi connectivity index (χ2n) is 14.7. The van der Waals surface area contributed by atoms with Crippen molar-refractivity contribution in [3.63, 3.8) is 0 Å². The Bertz CT molecular complexity index is 2520. The summed E-state index contributed by atoms with van der Waals surface area (Å²) in [5, 5.41) is 25.5. The van der Waals surface area contributed by atoms with E-state index in [9.17, 15) is 10.2 Å². The van der Waals surface area contributed by atoms with Crippen LogP contribution >= 0.6 is 0 Å². The molecular weight excluding hydrogens is 669 g/mol. The lowest BCUT2D eigenvalue weighted by molar-refractivity contribution is 0.177. The Kier molecular flexibility index (Phi) is 9.99. The molecule has 6 N–H and O–H groups in total. The molecule has 54 heavy (non-hydrogen) atoms. The number of nitrogens with zero attached hydrogens (tertiary/aromatic N) is 4. The van der Waals surface area contributed by atoms with Crippen LogP contribution in [-0.4, -0.2) is 30.1 Å². The third-order valence-corrected chi connectivity index (χ3v) is 10.2. The maximum absolute atomic E-state index is 10.8. The number of fused-ring (bicyclic) bond motifs is 6. The third-order valence-electron chi connectivity index (χ3n) is 10.2. The molecule has 0 aliphatic carbocycles. The number of hydrogen-bond donors (Lipinski definition) is 4. The van der Waals surface area contributed by atoms with E-state index in [0.717, 1.165) is 77.1 Å². The van der Waals surface area contributed by atoms with Crippen LogP contribution in [0.1, 0.15) is 67.8 Å². The van der Waals surface area contributed by atoms with E-state index >= 15 is 0 Å². The Labute approximate surface area is 315 Å². The quantitative estimate of drug-likeness (QED) is 0.125. The maximum Gasteiger partial charge on any atom is 0.150 e. The molecule has 0 spiro atoms. The molecule has 0 saturated carbocycles. The number of benzene rings is 4. The van der Waals surface area contributed by atoms with Crippen molar-refractivity contribution in [2.75, 3.05) is 11.5 Å². The highest BCUT2D eigenvalue weighted by atomic mass is 16.3. The summed E-state index contributed by atoms with van der Waals surface area (Å²) in [5.74, 6) is 0.870. The smallest absolute Gasteiger partial charge is 0.150 e. The van der Waals surface area contributed by atoms with E-state index in [1.807, 2.05) is 64.1 Å². The molecule has 0 radical (unpaired) electrons. The van der Waals surface area contributed by atoms with Gasteiger partial charge >= 0.3 is 0 Å². The molecule has 8 aromatic rings. The molecule has 0 amide bonds. The first kappa shape index (κ1) is 36.4. The third kappa shape index (κ3) is 7.44. The van der Waals surface area contributed by atoms with E-state index in [1.54, 1.807) is 12.4 Å². The maximum atomic E-state index is 10.8. The normalized spacial score (nSPS) is 12.6. The molecule has 2 atom stereocenters. The van der Waals surface area contributed by atoms with Gasteiger partial charge in [0.05, 0.1) is 23.2 Å². The Morgan fingerprint density at radius 3 is 1.24 bits per heavy atom. The average molecular weight is 715 g/mol. The predicted octanol–water partition coefficient (Wildman–Crippen LogP) is 9.13. The van der Waals surface area contributed by atoms with Gasteiger partial charge in [0, 0.05) is 46.8 Å². The summed E-state index contributed by atoms with van der Waals surface area (Å²) >= 11 is 0. The number of aromatic nitrogens is 4. The SMILES string of the molecule is Cc1ccc(C(O)Cc2cnc3c(N)nc4cc(C)ccc4c3c2)c(C)c1.Cc1ccc(C(O)Cc2cnc3c(N)nc4cc(C)ccc4c3c2)c(C)c1. The van der Waals surface area contributed by atoms with Gasteiger partial charge < -0.3 is 21.7 Å². The zero-order chi connectivity index (χ0) is 38.3. The van der Waals surface area contributed by atoms with Crippen LogP contribution in [0.2, 0.25) is 0 Å². The van der Waals surface area contributed by atoms with E-state index < -0.39 is 12.2 Å². The fraction of sp³-hybridized carbons (Fsp3) is 0.217. The Morgan fingerprint density at radius 2 is 0.852 bits per heavy atom. The van der Waals surface area contributed by atoms with Crippen molar-refractivity contribution in [1.82, 2.24) is 19.9 Å². The van der Waals surface area contributed by atoms with Crippen LogP contribution in [0.3, 0.4) is 0 Å². The van der Waals surface area contributed by atoms with Gasteiger partial charge in [-0.2, -0.15) is 0 Å². The lowest BCUT2D eigenvalue weighted by Crippen LogP contribution is -2.05. The fourth-order valence-electron chi connectivity index (χ4n) is 7.41. The summed E-state index contributed by atoms with van der Waals surface area (Å²) < 4.78 is 0. The first-order valence-electron chi connectivity index (χ1n) is 18.2. The van der Waals surface area contributed by atoms with Gasteiger partial charge in [-0.25, -0.2) is 9.97 Å². The number of rotatable bonds is 6. The Hall–Kier alpha value is -5.96. The first-order valence-corrected chi connectivity index (χ1v) is 18.2. The summed E-state index contributed by atoms with van der Waals surface area (Å²) in [6.45, 7) is 12.3. The zero-order valence-electron chi connectivity index (χ0n) is 31.6. The monoisotopic (exact) mass is 714 g/mol. The van der Waals surface area contributed by atoms with Crippen molar-refractivity contribution in [3.8, 4) is 0 Å². The largest absolute Gasteiger partial charge is 0.388 e. The molecule has 2 unspecified atom stereocenters. The van der Waals surface area contributed by atoms with Crippen molar-refractivity contribution in [1.29, 1.82) is 0 Å². The summed E-state index contributed by atoms with van der Waals surface area (Å²) in [4.78, 5) is 18.1. The van der Waals surface area contributed by atoms with Crippen molar-refractivity contribution in [2.45, 2.75) is 66.6 Å². The highest BCUT2D eigenvalue weighted by molar-refractivity contribution is 6.09. The van der Waals surface area contributed by atoms with Gasteiger partial charge in [-0.3, -0.25) is 9.97 Å². The van der Waals surface area contributed by atoms with Crippen LogP contribution < -0.4 is 11.5 Å². The van der Waals surface area contributed by atoms with E-state index in [-0.39, 0.29) is 0 Å². The number of hydrogen-bond acceptors (Lipinski definition) is 8. The van der Waals surface area contributed by atoms with Gasteiger partial charge in [-0.05, 0) is 110 Å². The molecule has 0 aliphatic heterocycles. The summed E-state index contributed by atoms with van der Waals surface area (Å²) in [6, 6.07) is 28.7. The minimum atomic E-state index is -0.572.